The number of hydrogen-bond acceptors (Lipinski definition) is 2. The van der Waals surface area contributed by atoms with Crippen LogP contribution in [0, 0.1) is 19.8 Å². The van der Waals surface area contributed by atoms with Crippen molar-refractivity contribution in [3.8, 4) is 0 Å². The molecule has 1 atom stereocenters. The van der Waals surface area contributed by atoms with Crippen LogP contribution in [-0.4, -0.2) is 24.4 Å². The molecule has 1 heterocycles. The maximum absolute atomic E-state index is 12.1. The third-order valence-electron chi connectivity index (χ3n) is 4.22. The summed E-state index contributed by atoms with van der Waals surface area (Å²) in [5.41, 5.74) is 3.28. The molecular weight excluding hydrogens is 252 g/mol. The summed E-state index contributed by atoms with van der Waals surface area (Å²) in [7, 11) is 0. The molecule has 1 saturated carbocycles. The summed E-state index contributed by atoms with van der Waals surface area (Å²) in [4.78, 5) is 25.9. The number of benzene rings is 1. The number of rotatable bonds is 3. The van der Waals surface area contributed by atoms with Gasteiger partial charge in [0.05, 0.1) is 5.92 Å². The van der Waals surface area contributed by atoms with Crippen LogP contribution in [0.2, 0.25) is 0 Å². The summed E-state index contributed by atoms with van der Waals surface area (Å²) >= 11 is 0. The number of nitrogens with zero attached hydrogens (tertiary/aromatic N) is 1. The Labute approximate surface area is 119 Å². The average Bonchev–Trinajstić information content (AvgIpc) is 3.13. The van der Waals surface area contributed by atoms with Gasteiger partial charge in [0.1, 0.15) is 0 Å². The van der Waals surface area contributed by atoms with Gasteiger partial charge in [0.15, 0.2) is 0 Å². The van der Waals surface area contributed by atoms with E-state index in [-0.39, 0.29) is 17.7 Å². The fourth-order valence-corrected chi connectivity index (χ4v) is 2.57. The van der Waals surface area contributed by atoms with Gasteiger partial charge in [-0.1, -0.05) is 6.07 Å². The molecule has 20 heavy (non-hydrogen) atoms. The van der Waals surface area contributed by atoms with Gasteiger partial charge < -0.3 is 10.2 Å². The summed E-state index contributed by atoms with van der Waals surface area (Å²) < 4.78 is 0. The van der Waals surface area contributed by atoms with Crippen molar-refractivity contribution in [3.05, 3.63) is 29.3 Å². The average molecular weight is 272 g/mol. The molecule has 2 amide bonds. The van der Waals surface area contributed by atoms with E-state index in [0.717, 1.165) is 18.5 Å². The van der Waals surface area contributed by atoms with Crippen LogP contribution in [0.5, 0.6) is 0 Å². The Balaban J connectivity index is 1.72. The van der Waals surface area contributed by atoms with E-state index in [9.17, 15) is 9.59 Å². The fourth-order valence-electron chi connectivity index (χ4n) is 2.57. The molecule has 106 valence electrons. The van der Waals surface area contributed by atoms with Crippen molar-refractivity contribution in [2.75, 3.05) is 11.4 Å². The molecule has 3 rings (SSSR count). The lowest BCUT2D eigenvalue weighted by Crippen LogP contribution is -2.34. The fraction of sp³-hybridized carbons (Fsp3) is 0.500. The van der Waals surface area contributed by atoms with Gasteiger partial charge in [-0.15, -0.1) is 0 Å². The molecule has 0 aromatic heterocycles. The standard InChI is InChI=1S/C16H20N2O2/c1-10-3-6-14(7-11(10)2)18-9-12(8-15(18)19)16(20)17-13-4-5-13/h3,6-7,12-13H,4-5,8-9H2,1-2H3,(H,17,20). The summed E-state index contributed by atoms with van der Waals surface area (Å²) in [6.07, 6.45) is 2.48. The number of nitrogens with one attached hydrogen (secondary N) is 1. The van der Waals surface area contributed by atoms with Gasteiger partial charge >= 0.3 is 0 Å². The molecule has 1 aromatic rings. The molecule has 0 bridgehead atoms. The van der Waals surface area contributed by atoms with Gasteiger partial charge in [-0.05, 0) is 49.9 Å². The van der Waals surface area contributed by atoms with Crippen LogP contribution >= 0.6 is 0 Å². The second kappa shape index (κ2) is 4.93. The zero-order valence-corrected chi connectivity index (χ0v) is 12.0. The molecular formula is C16H20N2O2. The third kappa shape index (κ3) is 2.55. The van der Waals surface area contributed by atoms with Gasteiger partial charge in [-0.25, -0.2) is 0 Å². The minimum absolute atomic E-state index is 0.0344. The lowest BCUT2D eigenvalue weighted by atomic mass is 10.1. The van der Waals surface area contributed by atoms with Gasteiger partial charge in [-0.2, -0.15) is 0 Å². The second-order valence-corrected chi connectivity index (χ2v) is 5.96. The normalized spacial score (nSPS) is 22.2. The summed E-state index contributed by atoms with van der Waals surface area (Å²) in [6, 6.07) is 6.36. The molecule has 2 fully saturated rings. The zero-order chi connectivity index (χ0) is 14.3. The van der Waals surface area contributed by atoms with Crippen LogP contribution in [0.15, 0.2) is 18.2 Å². The van der Waals surface area contributed by atoms with Gasteiger partial charge in [-0.3, -0.25) is 9.59 Å². The van der Waals surface area contributed by atoms with E-state index in [4.69, 9.17) is 0 Å². The number of carbonyl (C=O) groups is 2. The molecule has 0 spiro atoms. The molecule has 1 unspecified atom stereocenters. The molecule has 1 aromatic carbocycles. The van der Waals surface area contributed by atoms with Crippen molar-refractivity contribution in [1.29, 1.82) is 0 Å². The van der Waals surface area contributed by atoms with Crippen molar-refractivity contribution in [3.63, 3.8) is 0 Å². The lowest BCUT2D eigenvalue weighted by Gasteiger charge is -2.18. The van der Waals surface area contributed by atoms with E-state index in [2.05, 4.69) is 12.2 Å². The molecule has 2 aliphatic rings. The van der Waals surface area contributed by atoms with E-state index in [1.165, 1.54) is 11.1 Å². The van der Waals surface area contributed by atoms with Gasteiger partial charge in [0.25, 0.3) is 0 Å². The lowest BCUT2D eigenvalue weighted by molar-refractivity contribution is -0.126. The molecule has 1 aliphatic carbocycles. The first-order chi connectivity index (χ1) is 9.54. The van der Waals surface area contributed by atoms with E-state index < -0.39 is 0 Å². The minimum atomic E-state index is -0.204. The van der Waals surface area contributed by atoms with E-state index in [1.807, 2.05) is 25.1 Å². The summed E-state index contributed by atoms with van der Waals surface area (Å²) in [6.45, 7) is 4.59. The van der Waals surface area contributed by atoms with Crippen LogP contribution in [0.1, 0.15) is 30.4 Å². The van der Waals surface area contributed by atoms with E-state index >= 15 is 0 Å². The highest BCUT2D eigenvalue weighted by molar-refractivity contribution is 6.00. The highest BCUT2D eigenvalue weighted by atomic mass is 16.2. The predicted molar refractivity (Wildman–Crippen MR) is 77.5 cm³/mol. The Morgan fingerprint density at radius 1 is 1.25 bits per heavy atom. The minimum Gasteiger partial charge on any atom is -0.353 e. The Morgan fingerprint density at radius 2 is 2.00 bits per heavy atom. The first-order valence-electron chi connectivity index (χ1n) is 7.22. The number of aryl methyl sites for hydroxylation is 2. The third-order valence-corrected chi connectivity index (χ3v) is 4.22. The molecule has 1 aliphatic heterocycles. The summed E-state index contributed by atoms with van der Waals surface area (Å²) in [5, 5.41) is 2.99. The Kier molecular flexibility index (Phi) is 3.24. The summed E-state index contributed by atoms with van der Waals surface area (Å²) in [5.74, 6) is -0.124. The zero-order valence-electron chi connectivity index (χ0n) is 12.0. The predicted octanol–water partition coefficient (Wildman–Crippen LogP) is 1.93. The number of hydrogen-bond donors (Lipinski definition) is 1. The van der Waals surface area contributed by atoms with Crippen LogP contribution < -0.4 is 10.2 Å². The van der Waals surface area contributed by atoms with Crippen molar-refractivity contribution in [1.82, 2.24) is 5.32 Å². The highest BCUT2D eigenvalue weighted by Gasteiger charge is 2.37. The van der Waals surface area contributed by atoms with Gasteiger partial charge in [0, 0.05) is 24.7 Å². The molecule has 0 radical (unpaired) electrons. The van der Waals surface area contributed by atoms with E-state index in [0.29, 0.717) is 19.0 Å². The SMILES string of the molecule is Cc1ccc(N2CC(C(=O)NC3CC3)CC2=O)cc1C. The smallest absolute Gasteiger partial charge is 0.227 e. The maximum Gasteiger partial charge on any atom is 0.227 e. The van der Waals surface area contributed by atoms with Crippen molar-refractivity contribution in [2.45, 2.75) is 39.2 Å². The largest absolute Gasteiger partial charge is 0.353 e. The maximum atomic E-state index is 12.1. The molecule has 1 saturated heterocycles. The molecule has 4 nitrogen and oxygen atoms in total. The Morgan fingerprint density at radius 3 is 2.65 bits per heavy atom. The van der Waals surface area contributed by atoms with E-state index in [1.54, 1.807) is 4.90 Å². The van der Waals surface area contributed by atoms with Crippen LogP contribution in [0.25, 0.3) is 0 Å². The Bertz CT molecular complexity index is 564. The Hall–Kier alpha value is -1.84. The van der Waals surface area contributed by atoms with Gasteiger partial charge in [0.2, 0.25) is 11.8 Å². The van der Waals surface area contributed by atoms with Crippen molar-refractivity contribution >= 4 is 17.5 Å². The monoisotopic (exact) mass is 272 g/mol. The highest BCUT2D eigenvalue weighted by Crippen LogP contribution is 2.28. The quantitative estimate of drug-likeness (QED) is 0.914. The first kappa shape index (κ1) is 13.2. The van der Waals surface area contributed by atoms with Crippen molar-refractivity contribution in [2.24, 2.45) is 5.92 Å². The molecule has 1 N–H and O–H groups in total. The number of anilines is 1. The number of amides is 2. The topological polar surface area (TPSA) is 49.4 Å². The number of carbonyl (C=O) groups excluding carboxylic acids is 2. The van der Waals surface area contributed by atoms with Crippen LogP contribution in [0.3, 0.4) is 0 Å². The molecule has 4 heteroatoms. The first-order valence-corrected chi connectivity index (χ1v) is 7.22. The second-order valence-electron chi connectivity index (χ2n) is 5.96. The van der Waals surface area contributed by atoms with Crippen LogP contribution in [0.4, 0.5) is 5.69 Å². The van der Waals surface area contributed by atoms with Crippen LogP contribution in [-0.2, 0) is 9.59 Å². The van der Waals surface area contributed by atoms with Crippen molar-refractivity contribution < 1.29 is 9.59 Å².